The number of hydrogen-bond donors (Lipinski definition) is 0. The standard InChI is InChI=1S/C54H51N/c1-54(2)51-29-24-42(46-16-8-13-37-12-6-7-15-45(37)46)33-50(51)47-28-27-44(34-52(47)54)55(43-25-22-39(23-26-43)48-31-35-18-19-41(48)30-35)53-17-9-14-38-20-21-40(32-49(38)53)36-10-4-3-5-11-36/h6-9,12-17,20-29,32-36,41,48H,3-5,10-11,18-19,30-31H2,1-2H3. The smallest absolute Gasteiger partial charge is 0.0540 e. The summed E-state index contributed by atoms with van der Waals surface area (Å²) in [6.07, 6.45) is 12.4. The van der Waals surface area contributed by atoms with Crippen molar-refractivity contribution in [3.05, 3.63) is 162 Å². The van der Waals surface area contributed by atoms with Crippen molar-refractivity contribution in [2.24, 2.45) is 11.8 Å². The van der Waals surface area contributed by atoms with Crippen LogP contribution in [0.1, 0.15) is 106 Å². The number of hydrogen-bond acceptors (Lipinski definition) is 1. The highest BCUT2D eigenvalue weighted by Gasteiger charge is 2.40. The molecular formula is C54H51N. The number of benzene rings is 7. The van der Waals surface area contributed by atoms with Gasteiger partial charge in [0.05, 0.1) is 5.69 Å². The fourth-order valence-corrected chi connectivity index (χ4v) is 11.6. The third kappa shape index (κ3) is 5.48. The minimum Gasteiger partial charge on any atom is -0.310 e. The first kappa shape index (κ1) is 33.2. The van der Waals surface area contributed by atoms with E-state index >= 15 is 0 Å². The van der Waals surface area contributed by atoms with E-state index in [1.165, 1.54) is 135 Å². The molecule has 3 unspecified atom stereocenters. The van der Waals surface area contributed by atoms with Crippen LogP contribution in [-0.2, 0) is 5.41 Å². The van der Waals surface area contributed by atoms with Crippen LogP contribution in [0.15, 0.2) is 140 Å². The predicted molar refractivity (Wildman–Crippen MR) is 233 cm³/mol. The number of anilines is 3. The number of rotatable bonds is 6. The van der Waals surface area contributed by atoms with E-state index in [1.54, 1.807) is 5.56 Å². The summed E-state index contributed by atoms with van der Waals surface area (Å²) in [6, 6.07) is 54.0. The molecule has 0 amide bonds. The molecular weight excluding hydrogens is 663 g/mol. The first-order chi connectivity index (χ1) is 27.0. The molecule has 3 saturated carbocycles. The molecule has 0 heterocycles. The molecule has 0 N–H and O–H groups in total. The largest absolute Gasteiger partial charge is 0.310 e. The van der Waals surface area contributed by atoms with Crippen molar-refractivity contribution in [3.63, 3.8) is 0 Å². The summed E-state index contributed by atoms with van der Waals surface area (Å²) in [5.41, 5.74) is 14.8. The molecule has 0 saturated heterocycles. The van der Waals surface area contributed by atoms with Crippen LogP contribution in [0.2, 0.25) is 0 Å². The lowest BCUT2D eigenvalue weighted by Crippen LogP contribution is -2.17. The minimum atomic E-state index is -0.123. The van der Waals surface area contributed by atoms with E-state index in [0.717, 1.165) is 17.8 Å². The summed E-state index contributed by atoms with van der Waals surface area (Å²) in [7, 11) is 0. The summed E-state index contributed by atoms with van der Waals surface area (Å²) in [5, 5.41) is 5.26. The van der Waals surface area contributed by atoms with Crippen LogP contribution in [0.4, 0.5) is 17.1 Å². The summed E-state index contributed by atoms with van der Waals surface area (Å²) in [6.45, 7) is 4.84. The molecule has 3 atom stereocenters. The maximum Gasteiger partial charge on any atom is 0.0540 e. The molecule has 2 bridgehead atoms. The van der Waals surface area contributed by atoms with Crippen molar-refractivity contribution >= 4 is 38.6 Å². The van der Waals surface area contributed by atoms with Crippen LogP contribution in [0.3, 0.4) is 0 Å². The molecule has 0 aromatic heterocycles. The Kier molecular flexibility index (Phi) is 7.84. The van der Waals surface area contributed by atoms with E-state index in [9.17, 15) is 0 Å². The van der Waals surface area contributed by atoms with Gasteiger partial charge in [-0.2, -0.15) is 0 Å². The Morgan fingerprint density at radius 3 is 2.09 bits per heavy atom. The first-order valence-electron chi connectivity index (χ1n) is 21.2. The molecule has 7 aromatic carbocycles. The fourth-order valence-electron chi connectivity index (χ4n) is 11.6. The van der Waals surface area contributed by atoms with Crippen LogP contribution in [0.5, 0.6) is 0 Å². The van der Waals surface area contributed by atoms with Crippen molar-refractivity contribution in [1.82, 2.24) is 0 Å². The van der Waals surface area contributed by atoms with Gasteiger partial charge in [-0.25, -0.2) is 0 Å². The summed E-state index contributed by atoms with van der Waals surface area (Å²) in [4.78, 5) is 2.57. The van der Waals surface area contributed by atoms with Crippen molar-refractivity contribution in [2.45, 2.75) is 88.9 Å². The monoisotopic (exact) mass is 713 g/mol. The Hall–Kier alpha value is -5.14. The Morgan fingerprint density at radius 1 is 0.509 bits per heavy atom. The molecule has 1 heteroatoms. The molecule has 11 rings (SSSR count). The van der Waals surface area contributed by atoms with Crippen LogP contribution < -0.4 is 4.90 Å². The number of nitrogens with zero attached hydrogens (tertiary/aromatic N) is 1. The molecule has 4 aliphatic carbocycles. The Morgan fingerprint density at radius 2 is 1.27 bits per heavy atom. The van der Waals surface area contributed by atoms with E-state index in [2.05, 4.69) is 158 Å². The highest BCUT2D eigenvalue weighted by molar-refractivity contribution is 6.01. The van der Waals surface area contributed by atoms with E-state index in [4.69, 9.17) is 0 Å². The molecule has 0 spiro atoms. The SMILES string of the molecule is CC1(C)c2ccc(-c3cccc4ccccc34)cc2-c2ccc(N(c3ccc(C4CC5CCC4C5)cc3)c3cccc4ccc(C5CCCCC5)cc34)cc21. The second-order valence-corrected chi connectivity index (χ2v) is 17.9. The van der Waals surface area contributed by atoms with Gasteiger partial charge in [0.2, 0.25) is 0 Å². The van der Waals surface area contributed by atoms with E-state index in [0.29, 0.717) is 5.92 Å². The van der Waals surface area contributed by atoms with Gasteiger partial charge in [-0.15, -0.1) is 0 Å². The lowest BCUT2D eigenvalue weighted by Gasteiger charge is -2.30. The third-order valence-corrected chi connectivity index (χ3v) is 14.5. The molecule has 4 aliphatic rings. The zero-order chi connectivity index (χ0) is 36.7. The average molecular weight is 714 g/mol. The summed E-state index contributed by atoms with van der Waals surface area (Å²) >= 11 is 0. The fraction of sp³-hybridized carbons (Fsp3) is 0.296. The zero-order valence-electron chi connectivity index (χ0n) is 32.4. The lowest BCUT2D eigenvalue weighted by atomic mass is 9.81. The Bertz CT molecular complexity index is 2580. The van der Waals surface area contributed by atoms with E-state index in [-0.39, 0.29) is 5.41 Å². The topological polar surface area (TPSA) is 3.24 Å². The van der Waals surface area contributed by atoms with Crippen LogP contribution in [-0.4, -0.2) is 0 Å². The van der Waals surface area contributed by atoms with Gasteiger partial charge < -0.3 is 4.90 Å². The Balaban J connectivity index is 1.04. The summed E-state index contributed by atoms with van der Waals surface area (Å²) < 4.78 is 0. The number of fused-ring (bicyclic) bond motifs is 7. The lowest BCUT2D eigenvalue weighted by molar-refractivity contribution is 0.420. The summed E-state index contributed by atoms with van der Waals surface area (Å²) in [5.74, 6) is 3.22. The molecule has 0 aliphatic heterocycles. The second-order valence-electron chi connectivity index (χ2n) is 17.9. The van der Waals surface area contributed by atoms with Gasteiger partial charge in [-0.05, 0) is 159 Å². The van der Waals surface area contributed by atoms with Gasteiger partial charge in [-0.1, -0.05) is 137 Å². The molecule has 7 aromatic rings. The van der Waals surface area contributed by atoms with Crippen molar-refractivity contribution in [3.8, 4) is 22.3 Å². The van der Waals surface area contributed by atoms with Gasteiger partial charge in [-0.3, -0.25) is 0 Å². The third-order valence-electron chi connectivity index (χ3n) is 14.5. The van der Waals surface area contributed by atoms with E-state index < -0.39 is 0 Å². The Labute approximate surface area is 327 Å². The maximum absolute atomic E-state index is 2.57. The molecule has 272 valence electrons. The second kappa shape index (κ2) is 13.0. The maximum atomic E-state index is 2.57. The zero-order valence-corrected chi connectivity index (χ0v) is 32.4. The molecule has 55 heavy (non-hydrogen) atoms. The quantitative estimate of drug-likeness (QED) is 0.166. The highest BCUT2D eigenvalue weighted by atomic mass is 15.1. The van der Waals surface area contributed by atoms with Crippen LogP contribution in [0, 0.1) is 11.8 Å². The van der Waals surface area contributed by atoms with Crippen LogP contribution >= 0.6 is 0 Å². The van der Waals surface area contributed by atoms with Gasteiger partial charge in [0, 0.05) is 22.2 Å². The van der Waals surface area contributed by atoms with Crippen LogP contribution in [0.25, 0.3) is 43.8 Å². The first-order valence-corrected chi connectivity index (χ1v) is 21.2. The van der Waals surface area contributed by atoms with Gasteiger partial charge in [0.1, 0.15) is 0 Å². The van der Waals surface area contributed by atoms with Gasteiger partial charge in [0.15, 0.2) is 0 Å². The van der Waals surface area contributed by atoms with Crippen molar-refractivity contribution in [1.29, 1.82) is 0 Å². The van der Waals surface area contributed by atoms with Gasteiger partial charge >= 0.3 is 0 Å². The molecule has 3 fully saturated rings. The van der Waals surface area contributed by atoms with Crippen molar-refractivity contribution < 1.29 is 0 Å². The van der Waals surface area contributed by atoms with Crippen molar-refractivity contribution in [2.75, 3.05) is 4.90 Å². The average Bonchev–Trinajstić information content (AvgIpc) is 3.94. The minimum absolute atomic E-state index is 0.123. The normalized spacial score (nSPS) is 21.2. The highest BCUT2D eigenvalue weighted by Crippen LogP contribution is 2.54. The molecule has 0 radical (unpaired) electrons. The van der Waals surface area contributed by atoms with Gasteiger partial charge in [0.25, 0.3) is 0 Å². The molecule has 1 nitrogen and oxygen atoms in total. The predicted octanol–water partition coefficient (Wildman–Crippen LogP) is 15.4. The van der Waals surface area contributed by atoms with E-state index in [1.807, 2.05) is 0 Å².